The van der Waals surface area contributed by atoms with Gasteiger partial charge < -0.3 is 10.6 Å². The molecule has 0 aliphatic rings. The van der Waals surface area contributed by atoms with E-state index >= 15 is 0 Å². The lowest BCUT2D eigenvalue weighted by molar-refractivity contribution is 0.241. The lowest BCUT2D eigenvalue weighted by Crippen LogP contribution is -2.40. The lowest BCUT2D eigenvalue weighted by atomic mass is 10.1. The van der Waals surface area contributed by atoms with Crippen LogP contribution in [0.25, 0.3) is 0 Å². The first-order valence-corrected chi connectivity index (χ1v) is 9.05. The standard InChI is InChI=1S/C15H25N3O3S/c1-4-18(5-2)22(20,21)10-9-16-15(19)17-12-14-8-6-7-13(3)11-14/h6-8,11H,4-5,9-10,12H2,1-3H3,(H2,16,17,19). The molecule has 0 saturated carbocycles. The van der Waals surface area contributed by atoms with E-state index in [1.54, 1.807) is 13.8 Å². The van der Waals surface area contributed by atoms with E-state index in [0.717, 1.165) is 11.1 Å². The molecule has 22 heavy (non-hydrogen) atoms. The Morgan fingerprint density at radius 3 is 2.45 bits per heavy atom. The summed E-state index contributed by atoms with van der Waals surface area (Å²) in [6, 6.07) is 7.47. The second kappa shape index (κ2) is 8.75. The highest BCUT2D eigenvalue weighted by Gasteiger charge is 2.18. The minimum absolute atomic E-state index is 0.0907. The van der Waals surface area contributed by atoms with Gasteiger partial charge in [-0.3, -0.25) is 0 Å². The number of rotatable bonds is 8. The van der Waals surface area contributed by atoms with Crippen LogP contribution in [-0.4, -0.2) is 44.1 Å². The smallest absolute Gasteiger partial charge is 0.315 e. The number of nitrogens with zero attached hydrogens (tertiary/aromatic N) is 1. The third-order valence-corrected chi connectivity index (χ3v) is 5.30. The van der Waals surface area contributed by atoms with Crippen LogP contribution in [0.3, 0.4) is 0 Å². The largest absolute Gasteiger partial charge is 0.337 e. The molecule has 1 aromatic carbocycles. The summed E-state index contributed by atoms with van der Waals surface area (Å²) in [6.45, 7) is 6.97. The van der Waals surface area contributed by atoms with Gasteiger partial charge in [-0.2, -0.15) is 0 Å². The molecule has 124 valence electrons. The number of sulfonamides is 1. The van der Waals surface area contributed by atoms with Gasteiger partial charge in [0.15, 0.2) is 0 Å². The normalized spacial score (nSPS) is 11.5. The van der Waals surface area contributed by atoms with Gasteiger partial charge in [0.25, 0.3) is 0 Å². The Balaban J connectivity index is 2.35. The summed E-state index contributed by atoms with van der Waals surface area (Å²) < 4.78 is 25.3. The molecule has 0 bridgehead atoms. The second-order valence-corrected chi connectivity index (χ2v) is 7.09. The average Bonchev–Trinajstić information content (AvgIpc) is 2.46. The zero-order valence-corrected chi connectivity index (χ0v) is 14.2. The van der Waals surface area contributed by atoms with E-state index in [9.17, 15) is 13.2 Å². The van der Waals surface area contributed by atoms with E-state index in [2.05, 4.69) is 10.6 Å². The van der Waals surface area contributed by atoms with Crippen LogP contribution in [0.2, 0.25) is 0 Å². The lowest BCUT2D eigenvalue weighted by Gasteiger charge is -2.18. The van der Waals surface area contributed by atoms with Crippen molar-refractivity contribution in [2.45, 2.75) is 27.3 Å². The first-order valence-electron chi connectivity index (χ1n) is 7.44. The van der Waals surface area contributed by atoms with Crippen LogP contribution < -0.4 is 10.6 Å². The molecule has 1 aromatic rings. The molecule has 0 spiro atoms. The first-order chi connectivity index (χ1) is 10.4. The average molecular weight is 327 g/mol. The summed E-state index contributed by atoms with van der Waals surface area (Å²) >= 11 is 0. The van der Waals surface area contributed by atoms with Crippen molar-refractivity contribution >= 4 is 16.1 Å². The van der Waals surface area contributed by atoms with Crippen molar-refractivity contribution in [3.05, 3.63) is 35.4 Å². The van der Waals surface area contributed by atoms with Crippen LogP contribution in [0.15, 0.2) is 24.3 Å². The SMILES string of the molecule is CCN(CC)S(=O)(=O)CCNC(=O)NCc1cccc(C)c1. The Morgan fingerprint density at radius 2 is 1.86 bits per heavy atom. The molecule has 2 amide bonds. The highest BCUT2D eigenvalue weighted by molar-refractivity contribution is 7.89. The van der Waals surface area contributed by atoms with Crippen molar-refractivity contribution in [3.63, 3.8) is 0 Å². The van der Waals surface area contributed by atoms with E-state index in [4.69, 9.17) is 0 Å². The fourth-order valence-electron chi connectivity index (χ4n) is 2.11. The summed E-state index contributed by atoms with van der Waals surface area (Å²) in [5.41, 5.74) is 2.14. The van der Waals surface area contributed by atoms with Crippen molar-refractivity contribution in [2.24, 2.45) is 0 Å². The summed E-state index contributed by atoms with van der Waals surface area (Å²) in [6.07, 6.45) is 0. The van der Waals surface area contributed by atoms with Crippen LogP contribution in [0, 0.1) is 6.92 Å². The van der Waals surface area contributed by atoms with Gasteiger partial charge in [-0.05, 0) is 12.5 Å². The minimum atomic E-state index is -3.30. The van der Waals surface area contributed by atoms with E-state index in [1.165, 1.54) is 4.31 Å². The van der Waals surface area contributed by atoms with Gasteiger partial charge in [0.1, 0.15) is 0 Å². The highest BCUT2D eigenvalue weighted by atomic mass is 32.2. The monoisotopic (exact) mass is 327 g/mol. The van der Waals surface area contributed by atoms with Gasteiger partial charge in [-0.1, -0.05) is 43.7 Å². The molecule has 0 aromatic heterocycles. The number of urea groups is 1. The molecule has 2 N–H and O–H groups in total. The Morgan fingerprint density at radius 1 is 1.18 bits per heavy atom. The van der Waals surface area contributed by atoms with Gasteiger partial charge in [0, 0.05) is 26.2 Å². The number of benzene rings is 1. The second-order valence-electron chi connectivity index (χ2n) is 5.00. The van der Waals surface area contributed by atoms with Crippen molar-refractivity contribution in [1.29, 1.82) is 0 Å². The Bertz CT molecular complexity index is 583. The summed E-state index contributed by atoms with van der Waals surface area (Å²) in [5.74, 6) is -0.0907. The molecule has 1 rings (SSSR count). The van der Waals surface area contributed by atoms with Crippen LogP contribution >= 0.6 is 0 Å². The quantitative estimate of drug-likeness (QED) is 0.759. The third-order valence-electron chi connectivity index (χ3n) is 3.28. The molecule has 0 heterocycles. The van der Waals surface area contributed by atoms with Gasteiger partial charge >= 0.3 is 6.03 Å². The van der Waals surface area contributed by atoms with Gasteiger partial charge in [0.05, 0.1) is 5.75 Å². The van der Waals surface area contributed by atoms with Crippen molar-refractivity contribution in [2.75, 3.05) is 25.4 Å². The predicted molar refractivity (Wildman–Crippen MR) is 88.1 cm³/mol. The zero-order valence-electron chi connectivity index (χ0n) is 13.4. The van der Waals surface area contributed by atoms with E-state index in [-0.39, 0.29) is 18.3 Å². The highest BCUT2D eigenvalue weighted by Crippen LogP contribution is 2.03. The summed E-state index contributed by atoms with van der Waals surface area (Å²) in [7, 11) is -3.30. The maximum atomic E-state index is 11.9. The molecule has 0 aliphatic carbocycles. The molecular formula is C15H25N3O3S. The van der Waals surface area contributed by atoms with Crippen molar-refractivity contribution in [1.82, 2.24) is 14.9 Å². The van der Waals surface area contributed by atoms with E-state index < -0.39 is 10.0 Å². The fourth-order valence-corrected chi connectivity index (χ4v) is 3.51. The van der Waals surface area contributed by atoms with Crippen LogP contribution in [-0.2, 0) is 16.6 Å². The number of hydrogen-bond donors (Lipinski definition) is 2. The Hall–Kier alpha value is -1.60. The molecule has 0 fully saturated rings. The summed E-state index contributed by atoms with van der Waals surface area (Å²) in [5, 5.41) is 5.28. The Kier molecular flexibility index (Phi) is 7.34. The molecular weight excluding hydrogens is 302 g/mol. The number of carbonyl (C=O) groups excluding carboxylic acids is 1. The third kappa shape index (κ3) is 6.03. The number of carbonyl (C=O) groups is 1. The molecule has 0 unspecified atom stereocenters. The summed E-state index contributed by atoms with van der Waals surface area (Å²) in [4.78, 5) is 11.7. The van der Waals surface area contributed by atoms with E-state index in [1.807, 2.05) is 31.2 Å². The molecule has 0 aliphatic heterocycles. The molecule has 0 atom stereocenters. The zero-order chi connectivity index (χ0) is 16.6. The molecule has 7 heteroatoms. The van der Waals surface area contributed by atoms with Gasteiger partial charge in [-0.15, -0.1) is 0 Å². The first kappa shape index (κ1) is 18.4. The minimum Gasteiger partial charge on any atom is -0.337 e. The van der Waals surface area contributed by atoms with Gasteiger partial charge in [0.2, 0.25) is 10.0 Å². The maximum absolute atomic E-state index is 11.9. The topological polar surface area (TPSA) is 78.5 Å². The van der Waals surface area contributed by atoms with Crippen molar-refractivity contribution < 1.29 is 13.2 Å². The number of aryl methyl sites for hydroxylation is 1. The number of hydrogen-bond acceptors (Lipinski definition) is 3. The van der Waals surface area contributed by atoms with E-state index in [0.29, 0.717) is 19.6 Å². The maximum Gasteiger partial charge on any atom is 0.315 e. The fraction of sp³-hybridized carbons (Fsp3) is 0.533. The molecule has 0 radical (unpaired) electrons. The predicted octanol–water partition coefficient (Wildman–Crippen LogP) is 1.47. The van der Waals surface area contributed by atoms with Crippen LogP contribution in [0.4, 0.5) is 4.79 Å². The molecule has 0 saturated heterocycles. The van der Waals surface area contributed by atoms with Crippen LogP contribution in [0.5, 0.6) is 0 Å². The number of nitrogens with one attached hydrogen (secondary N) is 2. The van der Waals surface area contributed by atoms with Crippen LogP contribution in [0.1, 0.15) is 25.0 Å². The Labute approximate surface area is 132 Å². The number of amides is 2. The molecule has 6 nitrogen and oxygen atoms in total. The van der Waals surface area contributed by atoms with Gasteiger partial charge in [-0.25, -0.2) is 17.5 Å². The van der Waals surface area contributed by atoms with Crippen molar-refractivity contribution in [3.8, 4) is 0 Å².